The van der Waals surface area contributed by atoms with E-state index in [9.17, 15) is 18.0 Å². The van der Waals surface area contributed by atoms with E-state index in [0.29, 0.717) is 6.54 Å². The molecule has 1 atom stereocenters. The maximum Gasteiger partial charge on any atom is 0.408 e. The Hall–Kier alpha value is -2.87. The van der Waals surface area contributed by atoms with Gasteiger partial charge in [-0.15, -0.1) is 0 Å². The number of hydrogen-bond acceptors (Lipinski definition) is 5. The van der Waals surface area contributed by atoms with Gasteiger partial charge >= 0.3 is 6.09 Å². The van der Waals surface area contributed by atoms with Crippen molar-refractivity contribution in [2.75, 3.05) is 18.6 Å². The SMILES string of the molecule is CS(=O)(=O)CCC(NC(=O)OCc1ccccc1)C(=O)NCC1(c2ccccc2)CCCC1. The van der Waals surface area contributed by atoms with E-state index in [4.69, 9.17) is 4.74 Å². The molecule has 0 heterocycles. The monoisotopic (exact) mass is 472 g/mol. The van der Waals surface area contributed by atoms with E-state index in [1.807, 2.05) is 48.5 Å². The molecule has 1 aliphatic carbocycles. The molecule has 178 valence electrons. The van der Waals surface area contributed by atoms with Gasteiger partial charge in [0.2, 0.25) is 5.91 Å². The van der Waals surface area contributed by atoms with Crippen molar-refractivity contribution in [2.24, 2.45) is 0 Å². The number of alkyl carbamates (subject to hydrolysis) is 1. The number of carbonyl (C=O) groups excluding carboxylic acids is 2. The second kappa shape index (κ2) is 11.3. The maximum atomic E-state index is 13.0. The van der Waals surface area contributed by atoms with E-state index in [1.54, 1.807) is 0 Å². The highest BCUT2D eigenvalue weighted by atomic mass is 32.2. The summed E-state index contributed by atoms with van der Waals surface area (Å²) in [5.74, 6) is -0.619. The Kier molecular flexibility index (Phi) is 8.49. The van der Waals surface area contributed by atoms with Crippen LogP contribution in [0.25, 0.3) is 0 Å². The van der Waals surface area contributed by atoms with Crippen molar-refractivity contribution in [2.45, 2.75) is 50.2 Å². The summed E-state index contributed by atoms with van der Waals surface area (Å²) in [4.78, 5) is 25.4. The topological polar surface area (TPSA) is 102 Å². The van der Waals surface area contributed by atoms with E-state index in [2.05, 4.69) is 22.8 Å². The Bertz CT molecular complexity index is 1020. The third-order valence-corrected chi connectivity index (χ3v) is 7.12. The second-order valence-electron chi connectivity index (χ2n) is 8.75. The first-order chi connectivity index (χ1) is 15.8. The number of carbonyl (C=O) groups is 2. The highest BCUT2D eigenvalue weighted by molar-refractivity contribution is 7.90. The summed E-state index contributed by atoms with van der Waals surface area (Å²) < 4.78 is 28.6. The van der Waals surface area contributed by atoms with E-state index in [-0.39, 0.29) is 24.2 Å². The minimum Gasteiger partial charge on any atom is -0.445 e. The Labute approximate surface area is 195 Å². The van der Waals surface area contributed by atoms with Crippen molar-refractivity contribution in [1.82, 2.24) is 10.6 Å². The molecule has 1 saturated carbocycles. The van der Waals surface area contributed by atoms with Gasteiger partial charge in [0.25, 0.3) is 0 Å². The Morgan fingerprint density at radius 1 is 1.00 bits per heavy atom. The predicted octanol–water partition coefficient (Wildman–Crippen LogP) is 3.34. The lowest BCUT2D eigenvalue weighted by atomic mass is 9.79. The molecule has 8 heteroatoms. The first-order valence-electron chi connectivity index (χ1n) is 11.3. The molecule has 2 amide bonds. The summed E-state index contributed by atoms with van der Waals surface area (Å²) >= 11 is 0. The van der Waals surface area contributed by atoms with E-state index >= 15 is 0 Å². The quantitative estimate of drug-likeness (QED) is 0.552. The zero-order chi connectivity index (χ0) is 23.7. The first-order valence-corrected chi connectivity index (χ1v) is 13.3. The fraction of sp³-hybridized carbons (Fsp3) is 0.440. The van der Waals surface area contributed by atoms with Crippen molar-refractivity contribution in [1.29, 1.82) is 0 Å². The number of benzene rings is 2. The zero-order valence-corrected chi connectivity index (χ0v) is 19.8. The molecule has 0 bridgehead atoms. The third kappa shape index (κ3) is 7.60. The van der Waals surface area contributed by atoms with Crippen LogP contribution in [0.3, 0.4) is 0 Å². The lowest BCUT2D eigenvalue weighted by Crippen LogP contribution is -2.50. The average Bonchev–Trinajstić information content (AvgIpc) is 3.30. The fourth-order valence-electron chi connectivity index (χ4n) is 4.30. The molecule has 2 aromatic carbocycles. The van der Waals surface area contributed by atoms with Crippen molar-refractivity contribution >= 4 is 21.8 Å². The summed E-state index contributed by atoms with van der Waals surface area (Å²) in [6, 6.07) is 18.3. The fourth-order valence-corrected chi connectivity index (χ4v) is 4.96. The number of hydrogen-bond donors (Lipinski definition) is 2. The van der Waals surface area contributed by atoms with Gasteiger partial charge in [0.05, 0.1) is 5.75 Å². The van der Waals surface area contributed by atoms with Gasteiger partial charge in [0, 0.05) is 18.2 Å². The first kappa shape index (κ1) is 24.8. The van der Waals surface area contributed by atoms with Crippen LogP contribution in [-0.2, 0) is 31.4 Å². The van der Waals surface area contributed by atoms with E-state index < -0.39 is 27.9 Å². The molecule has 0 saturated heterocycles. The molecule has 0 radical (unpaired) electrons. The van der Waals surface area contributed by atoms with Crippen molar-refractivity contribution in [3.8, 4) is 0 Å². The predicted molar refractivity (Wildman–Crippen MR) is 127 cm³/mol. The molecule has 2 N–H and O–H groups in total. The largest absolute Gasteiger partial charge is 0.445 e. The van der Waals surface area contributed by atoms with Gasteiger partial charge in [0.1, 0.15) is 22.5 Å². The van der Waals surface area contributed by atoms with E-state index in [0.717, 1.165) is 37.5 Å². The highest BCUT2D eigenvalue weighted by Crippen LogP contribution is 2.40. The second-order valence-corrected chi connectivity index (χ2v) is 11.0. The van der Waals surface area contributed by atoms with Crippen LogP contribution in [0.4, 0.5) is 4.79 Å². The molecule has 2 aromatic rings. The standard InChI is InChI=1S/C25H32N2O5S/c1-33(30,31)17-14-22(27-24(29)32-18-20-10-4-2-5-11-20)23(28)26-19-25(15-8-9-16-25)21-12-6-3-7-13-21/h2-7,10-13,22H,8-9,14-19H2,1H3,(H,26,28)(H,27,29). The summed E-state index contributed by atoms with van der Waals surface area (Å²) in [6.07, 6.45) is 4.45. The number of sulfone groups is 1. The van der Waals surface area contributed by atoms with Crippen LogP contribution in [0, 0.1) is 0 Å². The van der Waals surface area contributed by atoms with Gasteiger partial charge in [0.15, 0.2) is 0 Å². The molecule has 0 aliphatic heterocycles. The normalized spacial score (nSPS) is 16.0. The number of ether oxygens (including phenoxy) is 1. The summed E-state index contributed by atoms with van der Waals surface area (Å²) in [6.45, 7) is 0.496. The van der Waals surface area contributed by atoms with Gasteiger partial charge in [-0.3, -0.25) is 4.79 Å². The molecular formula is C25H32N2O5S. The molecular weight excluding hydrogens is 440 g/mol. The Morgan fingerprint density at radius 3 is 2.21 bits per heavy atom. The molecule has 0 aromatic heterocycles. The van der Waals surface area contributed by atoms with Crippen LogP contribution < -0.4 is 10.6 Å². The Morgan fingerprint density at radius 2 is 1.61 bits per heavy atom. The van der Waals surface area contributed by atoms with Crippen LogP contribution in [0.2, 0.25) is 0 Å². The number of nitrogens with one attached hydrogen (secondary N) is 2. The zero-order valence-electron chi connectivity index (χ0n) is 19.0. The van der Waals surface area contributed by atoms with Crippen LogP contribution in [0.15, 0.2) is 60.7 Å². The van der Waals surface area contributed by atoms with Gasteiger partial charge in [-0.1, -0.05) is 73.5 Å². The molecule has 0 spiro atoms. The minimum atomic E-state index is -3.30. The molecule has 1 fully saturated rings. The van der Waals surface area contributed by atoms with Crippen LogP contribution >= 0.6 is 0 Å². The van der Waals surface area contributed by atoms with E-state index in [1.165, 1.54) is 5.56 Å². The van der Waals surface area contributed by atoms with Crippen molar-refractivity contribution in [3.05, 3.63) is 71.8 Å². The van der Waals surface area contributed by atoms with Crippen LogP contribution in [-0.4, -0.2) is 45.0 Å². The Balaban J connectivity index is 1.63. The molecule has 1 unspecified atom stereocenters. The van der Waals surface area contributed by atoms with Gasteiger partial charge in [-0.25, -0.2) is 13.2 Å². The van der Waals surface area contributed by atoms with Crippen LogP contribution in [0.5, 0.6) is 0 Å². The lowest BCUT2D eigenvalue weighted by Gasteiger charge is -2.31. The minimum absolute atomic E-state index is 0.0244. The highest BCUT2D eigenvalue weighted by Gasteiger charge is 2.36. The van der Waals surface area contributed by atoms with Gasteiger partial charge in [-0.05, 0) is 30.4 Å². The molecule has 33 heavy (non-hydrogen) atoms. The van der Waals surface area contributed by atoms with Crippen molar-refractivity contribution in [3.63, 3.8) is 0 Å². The summed E-state index contributed by atoms with van der Waals surface area (Å²) in [5.41, 5.74) is 1.85. The van der Waals surface area contributed by atoms with Gasteiger partial charge in [-0.2, -0.15) is 0 Å². The average molecular weight is 473 g/mol. The van der Waals surface area contributed by atoms with Crippen molar-refractivity contribution < 1.29 is 22.7 Å². The lowest BCUT2D eigenvalue weighted by molar-refractivity contribution is -0.123. The number of amides is 2. The smallest absolute Gasteiger partial charge is 0.408 e. The number of rotatable bonds is 10. The van der Waals surface area contributed by atoms with Gasteiger partial charge < -0.3 is 15.4 Å². The maximum absolute atomic E-state index is 13.0. The molecule has 7 nitrogen and oxygen atoms in total. The summed E-state index contributed by atoms with van der Waals surface area (Å²) in [7, 11) is -3.30. The molecule has 1 aliphatic rings. The molecule has 3 rings (SSSR count). The summed E-state index contributed by atoms with van der Waals surface area (Å²) in [5, 5.41) is 5.53. The third-order valence-electron chi connectivity index (χ3n) is 6.15. The van der Waals surface area contributed by atoms with Crippen LogP contribution in [0.1, 0.15) is 43.2 Å².